The van der Waals surface area contributed by atoms with E-state index in [0.29, 0.717) is 0 Å². The summed E-state index contributed by atoms with van der Waals surface area (Å²) in [5, 5.41) is 5.28. The van der Waals surface area contributed by atoms with Gasteiger partial charge < -0.3 is 18.4 Å². The normalized spacial score (nSPS) is 18.9. The summed E-state index contributed by atoms with van der Waals surface area (Å²) in [6.07, 6.45) is 18.6. The van der Waals surface area contributed by atoms with Crippen molar-refractivity contribution in [3.05, 3.63) is 194 Å². The lowest BCUT2D eigenvalue weighted by atomic mass is 9.67. The van der Waals surface area contributed by atoms with Gasteiger partial charge in [0.1, 0.15) is 0 Å². The lowest BCUT2D eigenvalue weighted by molar-refractivity contribution is 0.00578. The Hall–Kier alpha value is -6.66. The molecule has 0 aromatic heterocycles. The second-order valence-corrected chi connectivity index (χ2v) is 20.9. The van der Waals surface area contributed by atoms with Crippen LogP contribution in [0, 0.1) is 0 Å². The Bertz CT molecular complexity index is 3630. The molecule has 4 aromatic carbocycles. The van der Waals surface area contributed by atoms with E-state index in [0.717, 1.165) is 16.8 Å². The fourth-order valence-corrected chi connectivity index (χ4v) is 12.1. The second-order valence-electron chi connectivity index (χ2n) is 20.9. The summed E-state index contributed by atoms with van der Waals surface area (Å²) in [5.74, 6) is 0. The fraction of sp³-hybridized carbons (Fsp3) is 0.200. The number of nitrogens with zero attached hydrogens (tertiary/aromatic N) is 2. The third kappa shape index (κ3) is 5.40. The van der Waals surface area contributed by atoms with E-state index in [2.05, 4.69) is 229 Å². The van der Waals surface area contributed by atoms with Gasteiger partial charge in [0.25, 0.3) is 0 Å². The van der Waals surface area contributed by atoms with E-state index in [9.17, 15) is 0 Å². The molecule has 65 heavy (non-hydrogen) atoms. The molecule has 4 nitrogen and oxygen atoms in total. The van der Waals surface area contributed by atoms with Gasteiger partial charge in [0.2, 0.25) is 0 Å². The molecule has 9 aliphatic rings. The number of pyridine rings is 2. The molecule has 0 N–H and O–H groups in total. The number of rotatable bonds is 4. The largest absolute Gasteiger partial charge is 0.496 e. The Kier molecular flexibility index (Phi) is 7.75. The molecule has 5 heteroatoms. The van der Waals surface area contributed by atoms with Crippen LogP contribution in [-0.4, -0.2) is 27.5 Å². The molecule has 0 unspecified atom stereocenters. The zero-order valence-electron chi connectivity index (χ0n) is 38.4. The van der Waals surface area contributed by atoms with Gasteiger partial charge in [-0.2, -0.15) is 0 Å². The number of allylic oxidation sites excluding steroid dienone is 2. The highest BCUT2D eigenvalue weighted by molar-refractivity contribution is 6.65. The van der Waals surface area contributed by atoms with Crippen LogP contribution in [0.1, 0.15) is 77.6 Å². The van der Waals surface area contributed by atoms with E-state index < -0.39 is 18.3 Å². The third-order valence-corrected chi connectivity index (χ3v) is 15.9. The number of benzene rings is 4. The van der Waals surface area contributed by atoms with E-state index in [1.54, 1.807) is 0 Å². The van der Waals surface area contributed by atoms with Crippen molar-refractivity contribution in [2.45, 2.75) is 77.4 Å². The first kappa shape index (κ1) is 38.8. The van der Waals surface area contributed by atoms with Crippen molar-refractivity contribution in [3.8, 4) is 44.8 Å². The van der Waals surface area contributed by atoms with Crippen molar-refractivity contribution < 1.29 is 9.31 Å². The molecule has 0 bridgehead atoms. The summed E-state index contributed by atoms with van der Waals surface area (Å²) >= 11 is 0. The molecule has 0 spiro atoms. The third-order valence-electron chi connectivity index (χ3n) is 15.9. The predicted octanol–water partition coefficient (Wildman–Crippen LogP) is 10.1. The molecule has 0 radical (unpaired) electrons. The Labute approximate surface area is 381 Å². The smallest absolute Gasteiger partial charge is 0.399 e. The zero-order chi connectivity index (χ0) is 44.4. The Morgan fingerprint density at radius 1 is 0.462 bits per heavy atom. The lowest BCUT2D eigenvalue weighted by Gasteiger charge is -2.34. The topological polar surface area (TPSA) is 28.3 Å². The minimum atomic E-state index is -0.478. The number of aromatic nitrogens is 2. The molecule has 0 atom stereocenters. The number of hydrogen-bond acceptors (Lipinski definition) is 2. The van der Waals surface area contributed by atoms with Crippen LogP contribution in [0.3, 0.4) is 0 Å². The van der Waals surface area contributed by atoms with Crippen molar-refractivity contribution in [2.75, 3.05) is 0 Å². The summed E-state index contributed by atoms with van der Waals surface area (Å²) in [7, 11) is -0.478. The van der Waals surface area contributed by atoms with E-state index in [4.69, 9.17) is 9.31 Å². The summed E-state index contributed by atoms with van der Waals surface area (Å²) in [6.45, 7) is 18.1. The molecule has 0 amide bonds. The Morgan fingerprint density at radius 3 is 1.55 bits per heavy atom. The van der Waals surface area contributed by atoms with E-state index >= 15 is 0 Å². The average Bonchev–Trinajstić information content (AvgIpc) is 4.08. The summed E-state index contributed by atoms with van der Waals surface area (Å²) in [6, 6.07) is 42.5. The van der Waals surface area contributed by atoms with Crippen molar-refractivity contribution in [1.82, 2.24) is 9.13 Å². The van der Waals surface area contributed by atoms with Gasteiger partial charge in [-0.3, -0.25) is 0 Å². The molecule has 6 aliphatic carbocycles. The predicted molar refractivity (Wildman–Crippen MR) is 269 cm³/mol. The highest BCUT2D eigenvalue weighted by atomic mass is 16.7. The van der Waals surface area contributed by atoms with Crippen molar-refractivity contribution in [1.29, 1.82) is 0 Å². The van der Waals surface area contributed by atoms with Crippen LogP contribution in [-0.2, 0) is 20.1 Å². The van der Waals surface area contributed by atoms with Crippen LogP contribution in [0.2, 0.25) is 0 Å². The van der Waals surface area contributed by atoms with Crippen LogP contribution < -0.4 is 26.3 Å². The van der Waals surface area contributed by atoms with Gasteiger partial charge in [-0.1, -0.05) is 100 Å². The molecular weight excluding hydrogens is 791 g/mol. The van der Waals surface area contributed by atoms with Gasteiger partial charge in [0.05, 0.1) is 11.2 Å². The van der Waals surface area contributed by atoms with E-state index in [-0.39, 0.29) is 10.8 Å². The van der Waals surface area contributed by atoms with Crippen LogP contribution in [0.4, 0.5) is 0 Å². The van der Waals surface area contributed by atoms with Gasteiger partial charge in [-0.05, 0) is 188 Å². The van der Waals surface area contributed by atoms with Gasteiger partial charge in [0, 0.05) is 58.1 Å². The van der Waals surface area contributed by atoms with Gasteiger partial charge >= 0.3 is 7.12 Å². The SMILES string of the molecule is CC1(C)C2=c3ccccc3=CC2=Cc2cc3ccn(-c4ccc(-c5ccc(-n6ccc7c(B8OC(C)(C)C(C)(C)O8)c8c(c-7c6)C(C)(C)C6=c7ccccc7=CC6=C8)cc5)cc4)cc-3c21. The first-order chi connectivity index (χ1) is 31.2. The molecule has 316 valence electrons. The molecular formula is C60H51BN2O2. The second kappa shape index (κ2) is 13.0. The molecule has 3 aliphatic heterocycles. The number of hydrogen-bond donors (Lipinski definition) is 0. The maximum Gasteiger partial charge on any atom is 0.496 e. The van der Waals surface area contributed by atoms with Gasteiger partial charge in [-0.25, -0.2) is 0 Å². The quantitative estimate of drug-likeness (QED) is 0.165. The highest BCUT2D eigenvalue weighted by Crippen LogP contribution is 2.52. The maximum atomic E-state index is 6.81. The van der Waals surface area contributed by atoms with E-state index in [1.807, 2.05) is 0 Å². The summed E-state index contributed by atoms with van der Waals surface area (Å²) in [4.78, 5) is 0. The first-order valence-electron chi connectivity index (χ1n) is 23.2. The summed E-state index contributed by atoms with van der Waals surface area (Å²) in [5.41, 5.74) is 20.2. The van der Waals surface area contributed by atoms with Crippen molar-refractivity contribution in [3.63, 3.8) is 0 Å². The van der Waals surface area contributed by atoms with Crippen molar-refractivity contribution >= 4 is 48.0 Å². The van der Waals surface area contributed by atoms with Gasteiger partial charge in [0.15, 0.2) is 0 Å². The van der Waals surface area contributed by atoms with Crippen molar-refractivity contribution in [2.24, 2.45) is 0 Å². The fourth-order valence-electron chi connectivity index (χ4n) is 12.1. The molecule has 3 heterocycles. The Balaban J connectivity index is 0.842. The minimum absolute atomic E-state index is 0.123. The van der Waals surface area contributed by atoms with Crippen LogP contribution in [0.25, 0.3) is 80.2 Å². The molecule has 1 fully saturated rings. The minimum Gasteiger partial charge on any atom is -0.399 e. The first-order valence-corrected chi connectivity index (χ1v) is 23.2. The van der Waals surface area contributed by atoms with Crippen LogP contribution in [0.5, 0.6) is 0 Å². The molecule has 4 aromatic rings. The molecule has 0 saturated carbocycles. The standard InChI is InChI=1S/C60H51BN2O2/c1-57(2)52-41(29-38-13-9-11-15-46(38)52)32-42-31-40-25-27-62(34-50(40)54(42)57)44-21-17-36(18-22-44)37-19-23-45(24-20-37)63-28-26-48-51(35-63)55-49(56(48)61-64-59(5,6)60(7,8)65-61)33-43-30-39-14-10-12-16-47(39)53(43)58(55,3)4/h9-35H,1-8H3. The Morgan fingerprint density at radius 2 is 0.969 bits per heavy atom. The highest BCUT2D eigenvalue weighted by Gasteiger charge is 2.54. The zero-order valence-corrected chi connectivity index (χ0v) is 38.4. The average molecular weight is 843 g/mol. The number of fused-ring (bicyclic) bond motifs is 10. The molecule has 1 saturated heterocycles. The summed E-state index contributed by atoms with van der Waals surface area (Å²) < 4.78 is 18.2. The molecule has 13 rings (SSSR count). The lowest BCUT2D eigenvalue weighted by Crippen LogP contribution is -2.41. The van der Waals surface area contributed by atoms with Crippen LogP contribution in [0.15, 0.2) is 151 Å². The van der Waals surface area contributed by atoms with Crippen LogP contribution >= 0.6 is 0 Å². The monoisotopic (exact) mass is 842 g/mol. The van der Waals surface area contributed by atoms with Gasteiger partial charge in [-0.15, -0.1) is 0 Å². The maximum absolute atomic E-state index is 6.81. The van der Waals surface area contributed by atoms with E-state index in [1.165, 1.54) is 98.8 Å².